The Kier molecular flexibility index (Phi) is 9.51. The molecule has 0 radical (unpaired) electrons. The van der Waals surface area contributed by atoms with Crippen molar-refractivity contribution in [2.45, 2.75) is 80.4 Å². The third-order valence-corrected chi connectivity index (χ3v) is 4.43. The zero-order valence-corrected chi connectivity index (χ0v) is 17.1. The van der Waals surface area contributed by atoms with E-state index >= 15 is 0 Å². The molecule has 2 aromatic rings. The summed E-state index contributed by atoms with van der Waals surface area (Å²) in [6.45, 7) is 15.6. The van der Waals surface area contributed by atoms with Gasteiger partial charge >= 0.3 is 0 Å². The Hall–Kier alpha value is -1.61. The third kappa shape index (κ3) is 7.43. The van der Waals surface area contributed by atoms with Crippen LogP contribution in [0.3, 0.4) is 0 Å². The van der Waals surface area contributed by atoms with Crippen molar-refractivity contribution in [3.63, 3.8) is 0 Å². The standard InChI is InChI=1S/C17H24N2O.C5H12/c1-5-8-16-13(3)18-17(19-16)11-20-14(4)15-10-7-6-9-12(15)2;1-4-5(2)3/h6-7,9-10,14H,5,8,11H2,1-4H3,(H,18,19);5H,4H2,1-3H3. The molecule has 3 heteroatoms. The second-order valence-electron chi connectivity index (χ2n) is 7.12. The zero-order chi connectivity index (χ0) is 18.8. The molecule has 0 bridgehead atoms. The van der Waals surface area contributed by atoms with E-state index in [1.165, 1.54) is 17.5 Å². The van der Waals surface area contributed by atoms with Gasteiger partial charge in [0.05, 0.1) is 11.8 Å². The van der Waals surface area contributed by atoms with Crippen molar-refractivity contribution in [2.75, 3.05) is 0 Å². The van der Waals surface area contributed by atoms with Gasteiger partial charge in [-0.25, -0.2) is 4.98 Å². The number of nitrogens with zero attached hydrogens (tertiary/aromatic N) is 1. The molecule has 1 unspecified atom stereocenters. The van der Waals surface area contributed by atoms with Gasteiger partial charge in [-0.05, 0) is 44.2 Å². The summed E-state index contributed by atoms with van der Waals surface area (Å²) in [5, 5.41) is 0. The van der Waals surface area contributed by atoms with Crippen molar-refractivity contribution in [3.8, 4) is 0 Å². The number of aryl methyl sites for hydroxylation is 3. The molecule has 25 heavy (non-hydrogen) atoms. The lowest BCUT2D eigenvalue weighted by Gasteiger charge is -2.14. The van der Waals surface area contributed by atoms with E-state index < -0.39 is 0 Å². The maximum absolute atomic E-state index is 5.95. The average molecular weight is 345 g/mol. The van der Waals surface area contributed by atoms with Crippen LogP contribution in [-0.2, 0) is 17.8 Å². The fraction of sp³-hybridized carbons (Fsp3) is 0.591. The summed E-state index contributed by atoms with van der Waals surface area (Å²) in [6, 6.07) is 8.35. The predicted molar refractivity (Wildman–Crippen MR) is 107 cm³/mol. The van der Waals surface area contributed by atoms with Crippen LogP contribution in [0.2, 0.25) is 0 Å². The maximum atomic E-state index is 5.95. The lowest BCUT2D eigenvalue weighted by Crippen LogP contribution is -2.03. The van der Waals surface area contributed by atoms with Crippen molar-refractivity contribution in [3.05, 3.63) is 52.6 Å². The average Bonchev–Trinajstić information content (AvgIpc) is 2.94. The van der Waals surface area contributed by atoms with E-state index in [0.29, 0.717) is 6.61 Å². The third-order valence-electron chi connectivity index (χ3n) is 4.43. The Bertz CT molecular complexity index is 616. The van der Waals surface area contributed by atoms with Crippen molar-refractivity contribution in [1.82, 2.24) is 9.97 Å². The Morgan fingerprint density at radius 1 is 1.08 bits per heavy atom. The summed E-state index contributed by atoms with van der Waals surface area (Å²) in [6.07, 6.45) is 3.53. The van der Waals surface area contributed by atoms with Crippen LogP contribution in [0.25, 0.3) is 0 Å². The number of ether oxygens (including phenoxy) is 1. The fourth-order valence-electron chi connectivity index (χ4n) is 2.45. The van der Waals surface area contributed by atoms with E-state index in [0.717, 1.165) is 36.0 Å². The SMILES string of the molecule is CCC(C)C.CCCc1nc(COC(C)c2ccccc2C)[nH]c1C. The van der Waals surface area contributed by atoms with Crippen LogP contribution < -0.4 is 0 Å². The molecule has 0 aliphatic rings. The smallest absolute Gasteiger partial charge is 0.132 e. The van der Waals surface area contributed by atoms with Crippen molar-refractivity contribution in [1.29, 1.82) is 0 Å². The molecule has 2 rings (SSSR count). The Balaban J connectivity index is 0.000000550. The lowest BCUT2D eigenvalue weighted by molar-refractivity contribution is 0.0482. The highest BCUT2D eigenvalue weighted by atomic mass is 16.5. The second kappa shape index (κ2) is 11.1. The molecule has 0 aliphatic heterocycles. The first kappa shape index (κ1) is 21.4. The van der Waals surface area contributed by atoms with Crippen LogP contribution in [0.15, 0.2) is 24.3 Å². The van der Waals surface area contributed by atoms with Crippen molar-refractivity contribution >= 4 is 0 Å². The summed E-state index contributed by atoms with van der Waals surface area (Å²) in [5.41, 5.74) is 4.83. The van der Waals surface area contributed by atoms with Crippen LogP contribution in [0.5, 0.6) is 0 Å². The van der Waals surface area contributed by atoms with Crippen LogP contribution >= 0.6 is 0 Å². The monoisotopic (exact) mass is 344 g/mol. The number of aromatic amines is 1. The van der Waals surface area contributed by atoms with E-state index in [9.17, 15) is 0 Å². The Labute approximate surface area is 154 Å². The van der Waals surface area contributed by atoms with Gasteiger partial charge in [0.25, 0.3) is 0 Å². The number of hydrogen-bond donors (Lipinski definition) is 1. The maximum Gasteiger partial charge on any atom is 0.132 e. The van der Waals surface area contributed by atoms with Crippen LogP contribution in [0, 0.1) is 19.8 Å². The Morgan fingerprint density at radius 2 is 1.72 bits per heavy atom. The van der Waals surface area contributed by atoms with Gasteiger partial charge < -0.3 is 9.72 Å². The van der Waals surface area contributed by atoms with Gasteiger partial charge in [-0.3, -0.25) is 0 Å². The largest absolute Gasteiger partial charge is 0.366 e. The molecular formula is C22H36N2O. The molecule has 1 heterocycles. The number of H-pyrrole nitrogens is 1. The predicted octanol–water partition coefficient (Wildman–Crippen LogP) is 6.31. The number of rotatable bonds is 7. The topological polar surface area (TPSA) is 37.9 Å². The summed E-state index contributed by atoms with van der Waals surface area (Å²) >= 11 is 0. The molecule has 0 saturated carbocycles. The van der Waals surface area contributed by atoms with Crippen LogP contribution in [0.4, 0.5) is 0 Å². The summed E-state index contributed by atoms with van der Waals surface area (Å²) < 4.78 is 5.95. The van der Waals surface area contributed by atoms with Crippen LogP contribution in [0.1, 0.15) is 81.9 Å². The number of nitrogens with one attached hydrogen (secondary N) is 1. The highest BCUT2D eigenvalue weighted by Crippen LogP contribution is 2.21. The van der Waals surface area contributed by atoms with Gasteiger partial charge in [-0.1, -0.05) is 64.8 Å². The number of benzene rings is 1. The summed E-state index contributed by atoms with van der Waals surface area (Å²) in [5.74, 6) is 1.81. The summed E-state index contributed by atoms with van der Waals surface area (Å²) in [4.78, 5) is 7.92. The molecule has 0 fully saturated rings. The van der Waals surface area contributed by atoms with Gasteiger partial charge in [-0.2, -0.15) is 0 Å². The van der Waals surface area contributed by atoms with Gasteiger partial charge in [-0.15, -0.1) is 0 Å². The zero-order valence-electron chi connectivity index (χ0n) is 17.1. The fourth-order valence-corrected chi connectivity index (χ4v) is 2.45. The molecule has 1 atom stereocenters. The number of imidazole rings is 1. The molecule has 3 nitrogen and oxygen atoms in total. The van der Waals surface area contributed by atoms with Gasteiger partial charge in [0, 0.05) is 5.69 Å². The first-order valence-electron chi connectivity index (χ1n) is 9.60. The minimum absolute atomic E-state index is 0.0798. The normalized spacial score (nSPS) is 12.0. The minimum Gasteiger partial charge on any atom is -0.366 e. The van der Waals surface area contributed by atoms with E-state index in [1.807, 2.05) is 0 Å². The quantitative estimate of drug-likeness (QED) is 0.639. The number of hydrogen-bond acceptors (Lipinski definition) is 2. The van der Waals surface area contributed by atoms with E-state index in [4.69, 9.17) is 4.74 Å². The highest BCUT2D eigenvalue weighted by molar-refractivity contribution is 5.27. The van der Waals surface area contributed by atoms with Gasteiger partial charge in [0.2, 0.25) is 0 Å². The van der Waals surface area contributed by atoms with E-state index in [2.05, 4.69) is 82.7 Å². The summed E-state index contributed by atoms with van der Waals surface area (Å²) in [7, 11) is 0. The molecule has 0 aliphatic carbocycles. The first-order chi connectivity index (χ1) is 11.9. The minimum atomic E-state index is 0.0798. The van der Waals surface area contributed by atoms with E-state index in [1.54, 1.807) is 0 Å². The van der Waals surface area contributed by atoms with Crippen LogP contribution in [-0.4, -0.2) is 9.97 Å². The van der Waals surface area contributed by atoms with Crippen molar-refractivity contribution < 1.29 is 4.74 Å². The molecule has 1 aromatic carbocycles. The molecule has 0 amide bonds. The molecular weight excluding hydrogens is 308 g/mol. The van der Waals surface area contributed by atoms with Crippen molar-refractivity contribution in [2.24, 2.45) is 5.92 Å². The lowest BCUT2D eigenvalue weighted by atomic mass is 10.0. The molecule has 1 N–H and O–H groups in total. The molecule has 1 aromatic heterocycles. The van der Waals surface area contributed by atoms with Gasteiger partial charge in [0.15, 0.2) is 0 Å². The second-order valence-corrected chi connectivity index (χ2v) is 7.12. The molecule has 140 valence electrons. The van der Waals surface area contributed by atoms with Gasteiger partial charge in [0.1, 0.15) is 12.4 Å². The van der Waals surface area contributed by atoms with E-state index in [-0.39, 0.29) is 6.10 Å². The number of aromatic nitrogens is 2. The first-order valence-corrected chi connectivity index (χ1v) is 9.60. The molecule has 0 spiro atoms. The highest BCUT2D eigenvalue weighted by Gasteiger charge is 2.11. The Morgan fingerprint density at radius 3 is 2.28 bits per heavy atom. The molecule has 0 saturated heterocycles.